The first kappa shape index (κ1) is 14.9. The predicted octanol–water partition coefficient (Wildman–Crippen LogP) is 1.68. The summed E-state index contributed by atoms with van der Waals surface area (Å²) < 4.78 is 59.9. The molecule has 2 N–H and O–H groups in total. The Balaban J connectivity index is 2.71. The molecular weight excluding hydrogens is 295 g/mol. The minimum atomic E-state index is -4.45. The number of carboxylic acids is 1. The standard InChI is InChI=1S/C8H8F3NO4S2/c9-8(10,11)3-4-12-18(15,16)6-2-1-5(17-6)7(13)14/h1-2,12H,3-4H2,(H,13,14). The number of nitrogens with one attached hydrogen (secondary N) is 1. The van der Waals surface area contributed by atoms with E-state index in [-0.39, 0.29) is 9.09 Å². The van der Waals surface area contributed by atoms with Crippen LogP contribution in [-0.4, -0.2) is 32.2 Å². The first-order chi connectivity index (χ1) is 8.12. The van der Waals surface area contributed by atoms with E-state index in [0.29, 0.717) is 11.3 Å². The molecule has 0 radical (unpaired) electrons. The minimum absolute atomic E-state index is 0.203. The number of thiophene rings is 1. The van der Waals surface area contributed by atoms with Gasteiger partial charge in [0.05, 0.1) is 6.42 Å². The van der Waals surface area contributed by atoms with E-state index >= 15 is 0 Å². The fourth-order valence-electron chi connectivity index (χ4n) is 0.978. The summed E-state index contributed by atoms with van der Waals surface area (Å²) in [6.45, 7) is -0.786. The van der Waals surface area contributed by atoms with Crippen LogP contribution in [0, 0.1) is 0 Å². The Bertz CT molecular complexity index is 535. The monoisotopic (exact) mass is 303 g/mol. The van der Waals surface area contributed by atoms with Gasteiger partial charge in [0.15, 0.2) is 0 Å². The molecule has 0 aromatic carbocycles. The lowest BCUT2D eigenvalue weighted by atomic mass is 10.4. The van der Waals surface area contributed by atoms with Gasteiger partial charge in [-0.2, -0.15) is 13.2 Å². The summed E-state index contributed by atoms with van der Waals surface area (Å²) in [6, 6.07) is 2.11. The minimum Gasteiger partial charge on any atom is -0.477 e. The average molecular weight is 303 g/mol. The Hall–Kier alpha value is -1.13. The molecule has 0 aliphatic rings. The number of sulfonamides is 1. The molecule has 102 valence electrons. The molecule has 0 unspecified atom stereocenters. The van der Waals surface area contributed by atoms with Crippen LogP contribution in [0.4, 0.5) is 13.2 Å². The number of halogens is 3. The third-order valence-electron chi connectivity index (χ3n) is 1.76. The van der Waals surface area contributed by atoms with Crippen molar-refractivity contribution in [3.8, 4) is 0 Å². The normalized spacial score (nSPS) is 12.6. The highest BCUT2D eigenvalue weighted by molar-refractivity contribution is 7.91. The molecule has 0 atom stereocenters. The van der Waals surface area contributed by atoms with Gasteiger partial charge in [0.25, 0.3) is 0 Å². The van der Waals surface area contributed by atoms with Gasteiger partial charge in [-0.25, -0.2) is 17.9 Å². The second kappa shape index (κ2) is 5.24. The van der Waals surface area contributed by atoms with E-state index in [1.54, 1.807) is 4.72 Å². The average Bonchev–Trinajstić information content (AvgIpc) is 2.63. The van der Waals surface area contributed by atoms with Gasteiger partial charge in [-0.05, 0) is 12.1 Å². The summed E-state index contributed by atoms with van der Waals surface area (Å²) in [5.41, 5.74) is 0. The van der Waals surface area contributed by atoms with E-state index in [9.17, 15) is 26.4 Å². The van der Waals surface area contributed by atoms with Crippen molar-refractivity contribution in [3.63, 3.8) is 0 Å². The predicted molar refractivity (Wildman–Crippen MR) is 57.1 cm³/mol. The van der Waals surface area contributed by atoms with Crippen molar-refractivity contribution < 1.29 is 31.5 Å². The fraction of sp³-hybridized carbons (Fsp3) is 0.375. The van der Waals surface area contributed by atoms with Crippen molar-refractivity contribution in [1.29, 1.82) is 0 Å². The maximum atomic E-state index is 11.8. The van der Waals surface area contributed by atoms with Crippen molar-refractivity contribution in [1.82, 2.24) is 4.72 Å². The molecule has 0 aliphatic heterocycles. The molecule has 1 aromatic rings. The van der Waals surface area contributed by atoms with E-state index in [0.717, 1.165) is 12.1 Å². The van der Waals surface area contributed by atoms with Gasteiger partial charge in [0.1, 0.15) is 9.09 Å². The quantitative estimate of drug-likeness (QED) is 0.867. The summed E-state index contributed by atoms with van der Waals surface area (Å²) in [7, 11) is -4.09. The third kappa shape index (κ3) is 4.27. The van der Waals surface area contributed by atoms with Crippen molar-refractivity contribution >= 4 is 27.3 Å². The van der Waals surface area contributed by atoms with Crippen LogP contribution in [0.15, 0.2) is 16.3 Å². The molecule has 0 fully saturated rings. The van der Waals surface area contributed by atoms with Crippen molar-refractivity contribution in [3.05, 3.63) is 17.0 Å². The maximum Gasteiger partial charge on any atom is 0.390 e. The van der Waals surface area contributed by atoms with E-state index in [1.807, 2.05) is 0 Å². The van der Waals surface area contributed by atoms with Gasteiger partial charge in [-0.1, -0.05) is 0 Å². The zero-order valence-electron chi connectivity index (χ0n) is 8.69. The molecule has 5 nitrogen and oxygen atoms in total. The van der Waals surface area contributed by atoms with Crippen LogP contribution in [-0.2, 0) is 10.0 Å². The summed E-state index contributed by atoms with van der Waals surface area (Å²) in [5, 5.41) is 8.59. The highest BCUT2D eigenvalue weighted by atomic mass is 32.2. The molecule has 0 bridgehead atoms. The second-order valence-corrected chi connectivity index (χ2v) is 6.26. The van der Waals surface area contributed by atoms with Crippen molar-refractivity contribution in [2.45, 2.75) is 16.8 Å². The Morgan fingerprint density at radius 2 is 2.00 bits per heavy atom. The first-order valence-corrected chi connectivity index (χ1v) is 6.81. The van der Waals surface area contributed by atoms with E-state index in [4.69, 9.17) is 5.11 Å². The smallest absolute Gasteiger partial charge is 0.390 e. The third-order valence-corrected chi connectivity index (χ3v) is 4.78. The van der Waals surface area contributed by atoms with E-state index < -0.39 is 35.1 Å². The van der Waals surface area contributed by atoms with Gasteiger partial charge in [0.2, 0.25) is 10.0 Å². The van der Waals surface area contributed by atoms with Gasteiger partial charge < -0.3 is 5.11 Å². The number of rotatable bonds is 5. The molecule has 0 saturated carbocycles. The van der Waals surface area contributed by atoms with Crippen LogP contribution in [0.2, 0.25) is 0 Å². The van der Waals surface area contributed by atoms with E-state index in [1.165, 1.54) is 0 Å². The van der Waals surface area contributed by atoms with Crippen molar-refractivity contribution in [2.75, 3.05) is 6.54 Å². The zero-order chi connectivity index (χ0) is 14.0. The Labute approximate surface area is 104 Å². The number of hydrogen-bond acceptors (Lipinski definition) is 4. The van der Waals surface area contributed by atoms with Crippen LogP contribution in [0.1, 0.15) is 16.1 Å². The number of alkyl halides is 3. The summed E-state index contributed by atoms with van der Waals surface area (Å²) >= 11 is 0.475. The van der Waals surface area contributed by atoms with Crippen LogP contribution < -0.4 is 4.72 Å². The summed E-state index contributed by atoms with van der Waals surface area (Å²) in [4.78, 5) is 10.3. The highest BCUT2D eigenvalue weighted by Gasteiger charge is 2.28. The Kier molecular flexibility index (Phi) is 4.35. The molecule has 10 heteroatoms. The van der Waals surface area contributed by atoms with Crippen LogP contribution in [0.25, 0.3) is 0 Å². The summed E-state index contributed by atoms with van der Waals surface area (Å²) in [5.74, 6) is -1.29. The number of aromatic carboxylic acids is 1. The van der Waals surface area contributed by atoms with Gasteiger partial charge >= 0.3 is 12.1 Å². The van der Waals surface area contributed by atoms with E-state index in [2.05, 4.69) is 0 Å². The summed E-state index contributed by atoms with van der Waals surface area (Å²) in [6.07, 6.45) is -5.74. The van der Waals surface area contributed by atoms with Crippen LogP contribution in [0.3, 0.4) is 0 Å². The molecule has 0 spiro atoms. The van der Waals surface area contributed by atoms with Gasteiger partial charge in [0, 0.05) is 6.54 Å². The van der Waals surface area contributed by atoms with Crippen LogP contribution >= 0.6 is 11.3 Å². The van der Waals surface area contributed by atoms with Gasteiger partial charge in [-0.3, -0.25) is 0 Å². The number of hydrogen-bond donors (Lipinski definition) is 2. The molecule has 0 amide bonds. The van der Waals surface area contributed by atoms with Crippen LogP contribution in [0.5, 0.6) is 0 Å². The molecule has 0 saturated heterocycles. The highest BCUT2D eigenvalue weighted by Crippen LogP contribution is 2.22. The largest absolute Gasteiger partial charge is 0.477 e. The lowest BCUT2D eigenvalue weighted by molar-refractivity contribution is -0.132. The number of carboxylic acid groups (broad SMARTS) is 1. The molecule has 0 aliphatic carbocycles. The Morgan fingerprint density at radius 1 is 1.39 bits per heavy atom. The molecule has 1 aromatic heterocycles. The topological polar surface area (TPSA) is 83.5 Å². The molecule has 1 heterocycles. The van der Waals surface area contributed by atoms with Crippen molar-refractivity contribution in [2.24, 2.45) is 0 Å². The lowest BCUT2D eigenvalue weighted by Crippen LogP contribution is -2.27. The number of carbonyl (C=O) groups is 1. The van der Waals surface area contributed by atoms with Gasteiger partial charge in [-0.15, -0.1) is 11.3 Å². The fourth-order valence-corrected chi connectivity index (χ4v) is 3.20. The molecular formula is C8H8F3NO4S2. The second-order valence-electron chi connectivity index (χ2n) is 3.19. The SMILES string of the molecule is O=C(O)c1ccc(S(=O)(=O)NCCC(F)(F)F)s1. The maximum absolute atomic E-state index is 11.8. The first-order valence-electron chi connectivity index (χ1n) is 4.51. The Morgan fingerprint density at radius 3 is 2.44 bits per heavy atom. The lowest BCUT2D eigenvalue weighted by Gasteiger charge is -2.07. The molecule has 18 heavy (non-hydrogen) atoms. The molecule has 1 rings (SSSR count). The zero-order valence-corrected chi connectivity index (χ0v) is 10.3.